The summed E-state index contributed by atoms with van der Waals surface area (Å²) >= 11 is 5.75. The molecule has 0 saturated heterocycles. The van der Waals surface area contributed by atoms with Crippen molar-refractivity contribution < 1.29 is 9.59 Å². The lowest BCUT2D eigenvalue weighted by atomic mass is 10.2. The second-order valence-electron chi connectivity index (χ2n) is 4.76. The maximum absolute atomic E-state index is 11.9. The first-order valence-electron chi connectivity index (χ1n) is 6.50. The first kappa shape index (κ1) is 16.5. The van der Waals surface area contributed by atoms with Crippen LogP contribution in [-0.2, 0) is 4.79 Å². The number of hydrogen-bond acceptors (Lipinski definition) is 3. The highest BCUT2D eigenvalue weighted by Gasteiger charge is 2.16. The smallest absolute Gasteiger partial charge is 0.251 e. The molecular formula is C14H20ClN3O2. The van der Waals surface area contributed by atoms with Gasteiger partial charge in [0.15, 0.2) is 0 Å². The molecule has 0 aliphatic carbocycles. The van der Waals surface area contributed by atoms with Gasteiger partial charge in [-0.05, 0) is 44.5 Å². The molecule has 0 saturated carbocycles. The number of rotatable bonds is 6. The van der Waals surface area contributed by atoms with E-state index in [9.17, 15) is 9.59 Å². The summed E-state index contributed by atoms with van der Waals surface area (Å²) < 4.78 is 0. The quantitative estimate of drug-likeness (QED) is 0.740. The number of nitrogens with two attached hydrogens (primary N) is 1. The fourth-order valence-electron chi connectivity index (χ4n) is 1.52. The van der Waals surface area contributed by atoms with Crippen LogP contribution < -0.4 is 16.4 Å². The van der Waals surface area contributed by atoms with Gasteiger partial charge in [-0.2, -0.15) is 0 Å². The van der Waals surface area contributed by atoms with E-state index in [2.05, 4.69) is 10.6 Å². The average Bonchev–Trinajstić information content (AvgIpc) is 2.38. The maximum atomic E-state index is 11.9. The molecule has 0 radical (unpaired) electrons. The highest BCUT2D eigenvalue weighted by Crippen LogP contribution is 2.09. The minimum Gasteiger partial charge on any atom is -0.354 e. The molecule has 1 aromatic rings. The largest absolute Gasteiger partial charge is 0.354 e. The SMILES string of the molecule is CC(N)CCNC(=O)C(C)NC(=O)c1ccc(Cl)cc1. The lowest BCUT2D eigenvalue weighted by Crippen LogP contribution is -2.45. The van der Waals surface area contributed by atoms with Crippen LogP contribution in [0.3, 0.4) is 0 Å². The van der Waals surface area contributed by atoms with Crippen LogP contribution in [-0.4, -0.2) is 30.4 Å². The highest BCUT2D eigenvalue weighted by molar-refractivity contribution is 6.30. The molecule has 5 nitrogen and oxygen atoms in total. The van der Waals surface area contributed by atoms with E-state index in [0.717, 1.165) is 0 Å². The first-order valence-corrected chi connectivity index (χ1v) is 6.87. The zero-order chi connectivity index (χ0) is 15.1. The van der Waals surface area contributed by atoms with Crippen LogP contribution in [0.1, 0.15) is 30.6 Å². The second-order valence-corrected chi connectivity index (χ2v) is 5.20. The van der Waals surface area contributed by atoms with E-state index in [-0.39, 0.29) is 17.9 Å². The number of hydrogen-bond donors (Lipinski definition) is 3. The van der Waals surface area contributed by atoms with Crippen LogP contribution >= 0.6 is 11.6 Å². The molecule has 0 fully saturated rings. The second kappa shape index (κ2) is 7.87. The van der Waals surface area contributed by atoms with Crippen LogP contribution in [0.15, 0.2) is 24.3 Å². The van der Waals surface area contributed by atoms with Crippen molar-refractivity contribution in [2.24, 2.45) is 5.73 Å². The lowest BCUT2D eigenvalue weighted by Gasteiger charge is -2.14. The summed E-state index contributed by atoms with van der Waals surface area (Å²) in [5.41, 5.74) is 6.05. The van der Waals surface area contributed by atoms with Crippen molar-refractivity contribution in [3.05, 3.63) is 34.9 Å². The summed E-state index contributed by atoms with van der Waals surface area (Å²) in [7, 11) is 0. The van der Waals surface area contributed by atoms with Crippen LogP contribution in [0.25, 0.3) is 0 Å². The third kappa shape index (κ3) is 5.59. The Labute approximate surface area is 123 Å². The first-order chi connectivity index (χ1) is 9.40. The molecule has 4 N–H and O–H groups in total. The van der Waals surface area contributed by atoms with Gasteiger partial charge in [0.2, 0.25) is 5.91 Å². The average molecular weight is 298 g/mol. The van der Waals surface area contributed by atoms with Crippen molar-refractivity contribution in [3.8, 4) is 0 Å². The zero-order valence-corrected chi connectivity index (χ0v) is 12.4. The van der Waals surface area contributed by atoms with Crippen LogP contribution in [0.4, 0.5) is 0 Å². The van der Waals surface area contributed by atoms with Gasteiger partial charge in [-0.15, -0.1) is 0 Å². The van der Waals surface area contributed by atoms with Crippen molar-refractivity contribution in [1.29, 1.82) is 0 Å². The van der Waals surface area contributed by atoms with E-state index in [1.807, 2.05) is 6.92 Å². The lowest BCUT2D eigenvalue weighted by molar-refractivity contribution is -0.122. The number of carbonyl (C=O) groups is 2. The number of nitrogens with one attached hydrogen (secondary N) is 2. The molecule has 0 spiro atoms. The number of amides is 2. The molecular weight excluding hydrogens is 278 g/mol. The Balaban J connectivity index is 2.44. The van der Waals surface area contributed by atoms with Crippen LogP contribution in [0, 0.1) is 0 Å². The Hall–Kier alpha value is -1.59. The molecule has 2 amide bonds. The monoisotopic (exact) mass is 297 g/mol. The summed E-state index contributed by atoms with van der Waals surface area (Å²) in [5.74, 6) is -0.538. The summed E-state index contributed by atoms with van der Waals surface area (Å²) in [5, 5.41) is 5.91. The molecule has 2 unspecified atom stereocenters. The molecule has 1 rings (SSSR count). The zero-order valence-electron chi connectivity index (χ0n) is 11.7. The number of benzene rings is 1. The third-order valence-corrected chi connectivity index (χ3v) is 3.00. The van der Waals surface area contributed by atoms with Crippen LogP contribution in [0.5, 0.6) is 0 Å². The maximum Gasteiger partial charge on any atom is 0.251 e. The molecule has 0 bridgehead atoms. The summed E-state index contributed by atoms with van der Waals surface area (Å²) in [6.07, 6.45) is 0.698. The van der Waals surface area contributed by atoms with Gasteiger partial charge in [0, 0.05) is 23.2 Å². The molecule has 110 valence electrons. The van der Waals surface area contributed by atoms with Gasteiger partial charge < -0.3 is 16.4 Å². The highest BCUT2D eigenvalue weighted by atomic mass is 35.5. The number of carbonyl (C=O) groups excluding carboxylic acids is 2. The van der Waals surface area contributed by atoms with E-state index < -0.39 is 6.04 Å². The van der Waals surface area contributed by atoms with Crippen molar-refractivity contribution in [2.75, 3.05) is 6.54 Å². The normalized spacial score (nSPS) is 13.4. The van der Waals surface area contributed by atoms with Gasteiger partial charge in [-0.3, -0.25) is 9.59 Å². The number of halogens is 1. The molecule has 0 aliphatic rings. The van der Waals surface area contributed by atoms with Gasteiger partial charge in [0.05, 0.1) is 0 Å². The minimum atomic E-state index is -0.605. The Morgan fingerprint density at radius 1 is 1.25 bits per heavy atom. The fourth-order valence-corrected chi connectivity index (χ4v) is 1.65. The Morgan fingerprint density at radius 3 is 2.40 bits per heavy atom. The van der Waals surface area contributed by atoms with E-state index in [1.54, 1.807) is 31.2 Å². The molecule has 0 aliphatic heterocycles. The van der Waals surface area contributed by atoms with Crippen molar-refractivity contribution >= 4 is 23.4 Å². The van der Waals surface area contributed by atoms with Crippen molar-refractivity contribution in [3.63, 3.8) is 0 Å². The third-order valence-electron chi connectivity index (χ3n) is 2.75. The van der Waals surface area contributed by atoms with E-state index >= 15 is 0 Å². The molecule has 6 heteroatoms. The van der Waals surface area contributed by atoms with E-state index in [1.165, 1.54) is 0 Å². The van der Waals surface area contributed by atoms with E-state index in [4.69, 9.17) is 17.3 Å². The molecule has 0 heterocycles. The molecule has 2 atom stereocenters. The Bertz CT molecular complexity index is 460. The summed E-state index contributed by atoms with van der Waals surface area (Å²) in [6.45, 7) is 4.00. The summed E-state index contributed by atoms with van der Waals surface area (Å²) in [6, 6.07) is 5.91. The van der Waals surface area contributed by atoms with Crippen molar-refractivity contribution in [1.82, 2.24) is 10.6 Å². The van der Waals surface area contributed by atoms with Gasteiger partial charge in [0.1, 0.15) is 6.04 Å². The van der Waals surface area contributed by atoms with Crippen LogP contribution in [0.2, 0.25) is 5.02 Å². The Kier molecular flexibility index (Phi) is 6.48. The topological polar surface area (TPSA) is 84.2 Å². The summed E-state index contributed by atoms with van der Waals surface area (Å²) in [4.78, 5) is 23.7. The minimum absolute atomic E-state index is 0.0364. The standard InChI is InChI=1S/C14H20ClN3O2/c1-9(16)7-8-17-13(19)10(2)18-14(20)11-3-5-12(15)6-4-11/h3-6,9-10H,7-8,16H2,1-2H3,(H,17,19)(H,18,20). The molecule has 1 aromatic carbocycles. The molecule has 20 heavy (non-hydrogen) atoms. The predicted molar refractivity (Wildman–Crippen MR) is 79.7 cm³/mol. The van der Waals surface area contributed by atoms with Gasteiger partial charge in [-0.25, -0.2) is 0 Å². The Morgan fingerprint density at radius 2 is 1.85 bits per heavy atom. The van der Waals surface area contributed by atoms with Gasteiger partial charge >= 0.3 is 0 Å². The predicted octanol–water partition coefficient (Wildman–Crippen LogP) is 1.31. The van der Waals surface area contributed by atoms with Gasteiger partial charge in [-0.1, -0.05) is 11.6 Å². The fraction of sp³-hybridized carbons (Fsp3) is 0.429. The molecule has 0 aromatic heterocycles. The van der Waals surface area contributed by atoms with Crippen molar-refractivity contribution in [2.45, 2.75) is 32.4 Å². The van der Waals surface area contributed by atoms with Gasteiger partial charge in [0.25, 0.3) is 5.91 Å². The van der Waals surface area contributed by atoms with E-state index in [0.29, 0.717) is 23.6 Å².